The number of nitrogens with zero attached hydrogens (tertiary/aromatic N) is 7. The van der Waals surface area contributed by atoms with Gasteiger partial charge in [0, 0.05) is 91.6 Å². The van der Waals surface area contributed by atoms with E-state index in [1.54, 1.807) is 11.2 Å². The van der Waals surface area contributed by atoms with E-state index < -0.39 is 0 Å². The number of benzene rings is 2. The molecule has 4 heterocycles. The van der Waals surface area contributed by atoms with Crippen LogP contribution in [0.25, 0.3) is 11.3 Å². The number of aromatic nitrogens is 3. The van der Waals surface area contributed by atoms with Gasteiger partial charge in [-0.1, -0.05) is 68.8 Å². The summed E-state index contributed by atoms with van der Waals surface area (Å²) < 4.78 is 0. The van der Waals surface area contributed by atoms with Crippen LogP contribution in [0.15, 0.2) is 108 Å². The summed E-state index contributed by atoms with van der Waals surface area (Å²) in [6.07, 6.45) is 11.3. The lowest BCUT2D eigenvalue weighted by Gasteiger charge is -2.36. The van der Waals surface area contributed by atoms with E-state index in [0.717, 1.165) is 84.4 Å². The summed E-state index contributed by atoms with van der Waals surface area (Å²) in [6.45, 7) is 16.5. The summed E-state index contributed by atoms with van der Waals surface area (Å²) in [5.41, 5.74) is 9.13. The van der Waals surface area contributed by atoms with Gasteiger partial charge in [0.25, 0.3) is 0 Å². The van der Waals surface area contributed by atoms with Gasteiger partial charge in [0.2, 0.25) is 5.91 Å². The van der Waals surface area contributed by atoms with Crippen LogP contribution in [0.5, 0.6) is 0 Å². The molecule has 1 aliphatic carbocycles. The Kier molecular flexibility index (Phi) is 13.4. The van der Waals surface area contributed by atoms with Crippen molar-refractivity contribution in [2.24, 2.45) is 16.3 Å². The molecule has 3 fully saturated rings. The zero-order chi connectivity index (χ0) is 42.2. The van der Waals surface area contributed by atoms with Crippen LogP contribution in [-0.4, -0.2) is 76.7 Å². The summed E-state index contributed by atoms with van der Waals surface area (Å²) in [7, 11) is 0. The molecule has 3 aliphatic rings. The minimum absolute atomic E-state index is 0.0244. The molecule has 312 valence electrons. The Morgan fingerprint density at radius 1 is 0.933 bits per heavy atom. The van der Waals surface area contributed by atoms with Gasteiger partial charge in [-0.25, -0.2) is 19.7 Å². The van der Waals surface area contributed by atoms with Gasteiger partial charge in [-0.2, -0.15) is 0 Å². The highest BCUT2D eigenvalue weighted by atomic mass is 35.5. The van der Waals surface area contributed by atoms with Crippen molar-refractivity contribution in [2.45, 2.75) is 66.8 Å². The fourth-order valence-electron chi connectivity index (χ4n) is 7.55. The standard InChI is InChI=1S/C47H55ClN10O2/c1-6-39(46(33-10-11-33)53-41(7-2)47(3,4)5)49-28-35-13-12-34(26-38(35)48)40-27-43(52-31-51-40)54-42-17-16-37(29-50-42)57-24-22-56(23-25-57)20-18-32-8-14-36(15-9-32)58-21-19-45(60)55-44(58)30-59/h6-9,12-17,26-27,29,31,33,49H,10-11,18-25,28H2,1-5H3,(H,55,60)(H,50,51,52,54)/b39-6+,41-7-,53-46+. The first-order valence-electron chi connectivity index (χ1n) is 20.9. The number of anilines is 4. The average molecular weight is 827 g/mol. The third-order valence-electron chi connectivity index (χ3n) is 11.2. The van der Waals surface area contributed by atoms with Crippen LogP contribution in [0, 0.1) is 11.3 Å². The third kappa shape index (κ3) is 10.7. The van der Waals surface area contributed by atoms with Gasteiger partial charge < -0.3 is 25.8 Å². The molecule has 60 heavy (non-hydrogen) atoms. The molecule has 2 aromatic heterocycles. The predicted molar refractivity (Wildman–Crippen MR) is 242 cm³/mol. The van der Waals surface area contributed by atoms with Gasteiger partial charge in [0.05, 0.1) is 29.0 Å². The van der Waals surface area contributed by atoms with E-state index in [4.69, 9.17) is 21.6 Å². The molecule has 1 amide bonds. The molecular weight excluding hydrogens is 772 g/mol. The normalized spacial score (nSPS) is 17.1. The molecule has 3 N–H and O–H groups in total. The van der Waals surface area contributed by atoms with Crippen molar-refractivity contribution in [1.82, 2.24) is 30.5 Å². The summed E-state index contributed by atoms with van der Waals surface area (Å²) in [4.78, 5) is 48.5. The Bertz CT molecular complexity index is 2300. The second kappa shape index (κ2) is 19.1. The van der Waals surface area contributed by atoms with E-state index in [2.05, 4.69) is 107 Å². The van der Waals surface area contributed by atoms with E-state index >= 15 is 0 Å². The highest BCUT2D eigenvalue weighted by Gasteiger charge is 2.31. The number of allylic oxidation sites excluding steroid dienone is 4. The Hall–Kier alpha value is -5.81. The van der Waals surface area contributed by atoms with Crippen LogP contribution in [0.4, 0.5) is 23.0 Å². The third-order valence-corrected chi connectivity index (χ3v) is 11.5. The summed E-state index contributed by atoms with van der Waals surface area (Å²) >= 11 is 6.87. The lowest BCUT2D eigenvalue weighted by atomic mass is 9.91. The number of aliphatic imine (C=N–C) groups is 1. The maximum Gasteiger partial charge on any atom is 0.227 e. The molecular formula is C47H55ClN10O2. The molecule has 0 radical (unpaired) electrons. The van der Waals surface area contributed by atoms with Crippen molar-refractivity contribution >= 4 is 52.2 Å². The van der Waals surface area contributed by atoms with E-state index in [9.17, 15) is 9.59 Å². The van der Waals surface area contributed by atoms with Crippen molar-refractivity contribution in [1.29, 1.82) is 0 Å². The Morgan fingerprint density at radius 2 is 1.70 bits per heavy atom. The molecule has 2 aromatic carbocycles. The molecule has 4 aromatic rings. The van der Waals surface area contributed by atoms with Gasteiger partial charge in [0.1, 0.15) is 18.0 Å². The number of halogens is 1. The molecule has 0 atom stereocenters. The zero-order valence-electron chi connectivity index (χ0n) is 35.3. The first-order valence-corrected chi connectivity index (χ1v) is 21.3. The SMILES string of the molecule is C\C=C(/N=C(/C(=C\C)NCc1ccc(-c2cc(Nc3ccc(N4CCN(CCc5ccc(N6CCC(=O)NC6=C=O)cc5)CC4)cn3)ncn2)cc1Cl)C1CC1)C(C)(C)C. The number of rotatable bonds is 14. The fraction of sp³-hybridized carbons (Fsp3) is 0.383. The second-order valence-corrected chi connectivity index (χ2v) is 16.9. The molecule has 7 rings (SSSR count). The Balaban J connectivity index is 0.889. The zero-order valence-corrected chi connectivity index (χ0v) is 36.0. The highest BCUT2D eigenvalue weighted by Crippen LogP contribution is 2.36. The van der Waals surface area contributed by atoms with Gasteiger partial charge in [-0.05, 0) is 74.6 Å². The summed E-state index contributed by atoms with van der Waals surface area (Å²) in [6, 6.07) is 20.2. The first-order chi connectivity index (χ1) is 29.0. The first kappa shape index (κ1) is 42.3. The smallest absolute Gasteiger partial charge is 0.227 e. The van der Waals surface area contributed by atoms with Crippen LogP contribution < -0.4 is 25.8 Å². The number of nitrogens with one attached hydrogen (secondary N) is 3. The Morgan fingerprint density at radius 3 is 2.35 bits per heavy atom. The minimum atomic E-state index is -0.156. The van der Waals surface area contributed by atoms with E-state index in [1.165, 1.54) is 18.4 Å². The maximum atomic E-state index is 11.7. The van der Waals surface area contributed by atoms with Crippen molar-refractivity contribution in [2.75, 3.05) is 54.4 Å². The van der Waals surface area contributed by atoms with Crippen molar-refractivity contribution in [3.8, 4) is 11.3 Å². The molecule has 1 saturated carbocycles. The molecule has 2 aliphatic heterocycles. The van der Waals surface area contributed by atoms with Gasteiger partial charge in [-0.15, -0.1) is 0 Å². The van der Waals surface area contributed by atoms with Crippen molar-refractivity contribution < 1.29 is 9.59 Å². The molecule has 0 unspecified atom stereocenters. The van der Waals surface area contributed by atoms with Crippen molar-refractivity contribution in [3.05, 3.63) is 119 Å². The largest absolute Gasteiger partial charge is 0.380 e. The van der Waals surface area contributed by atoms with E-state index in [-0.39, 0.29) is 17.1 Å². The number of hydrogen-bond acceptors (Lipinski definition) is 11. The van der Waals surface area contributed by atoms with Crippen LogP contribution in [0.2, 0.25) is 5.02 Å². The van der Waals surface area contributed by atoms with Gasteiger partial charge >= 0.3 is 0 Å². The topological polar surface area (TPSA) is 131 Å². The summed E-state index contributed by atoms with van der Waals surface area (Å²) in [5, 5.41) is 10.2. The number of hydrogen-bond donors (Lipinski definition) is 3. The lowest BCUT2D eigenvalue weighted by molar-refractivity contribution is -0.120. The molecule has 13 heteroatoms. The van der Waals surface area contributed by atoms with Crippen LogP contribution in [0.1, 0.15) is 65.0 Å². The maximum absolute atomic E-state index is 11.7. The van der Waals surface area contributed by atoms with Crippen LogP contribution in [-0.2, 0) is 22.6 Å². The van der Waals surface area contributed by atoms with Crippen LogP contribution in [0.3, 0.4) is 0 Å². The Labute approximate surface area is 358 Å². The monoisotopic (exact) mass is 826 g/mol. The fourth-order valence-corrected chi connectivity index (χ4v) is 7.80. The number of piperazine rings is 1. The number of pyridine rings is 1. The predicted octanol–water partition coefficient (Wildman–Crippen LogP) is 8.09. The quantitative estimate of drug-likeness (QED) is 0.0847. The minimum Gasteiger partial charge on any atom is -0.380 e. The number of carbonyl (C=O) groups excluding carboxylic acids is 2. The number of carbonyl (C=O) groups is 1. The lowest BCUT2D eigenvalue weighted by Crippen LogP contribution is -2.47. The second-order valence-electron chi connectivity index (χ2n) is 16.5. The van der Waals surface area contributed by atoms with E-state index in [0.29, 0.717) is 42.1 Å². The molecule has 2 saturated heterocycles. The highest BCUT2D eigenvalue weighted by molar-refractivity contribution is 6.31. The average Bonchev–Trinajstić information content (AvgIpc) is 4.10. The van der Waals surface area contributed by atoms with E-state index in [1.807, 2.05) is 48.5 Å². The molecule has 0 spiro atoms. The van der Waals surface area contributed by atoms with Gasteiger partial charge in [-0.3, -0.25) is 14.7 Å². The molecule has 12 nitrogen and oxygen atoms in total. The number of amides is 1. The van der Waals surface area contributed by atoms with Crippen molar-refractivity contribution in [3.63, 3.8) is 0 Å². The molecule has 0 bridgehead atoms. The van der Waals surface area contributed by atoms with Crippen LogP contribution >= 0.6 is 11.6 Å². The summed E-state index contributed by atoms with van der Waals surface area (Å²) in [5.74, 6) is 3.71. The van der Waals surface area contributed by atoms with Gasteiger partial charge in [0.15, 0.2) is 11.8 Å².